The Balaban J connectivity index is 1.97. The van der Waals surface area contributed by atoms with Gasteiger partial charge in [-0.3, -0.25) is 4.79 Å². The quantitative estimate of drug-likeness (QED) is 0.870. The largest absolute Gasteiger partial charge is 0.373 e. The van der Waals surface area contributed by atoms with Gasteiger partial charge < -0.3 is 15.4 Å². The summed E-state index contributed by atoms with van der Waals surface area (Å²) >= 11 is 5.67. The number of hydrogen-bond donors (Lipinski definition) is 2. The molecule has 1 fully saturated rings. The van der Waals surface area contributed by atoms with Crippen molar-refractivity contribution in [2.24, 2.45) is 0 Å². The van der Waals surface area contributed by atoms with Crippen LogP contribution in [-0.4, -0.2) is 37.4 Å². The maximum atomic E-state index is 13.7. The van der Waals surface area contributed by atoms with Crippen LogP contribution >= 0.6 is 11.6 Å². The average Bonchev–Trinajstić information content (AvgIpc) is 2.82. The lowest BCUT2D eigenvalue weighted by molar-refractivity contribution is -0.126. The predicted molar refractivity (Wildman–Crippen MR) is 75.4 cm³/mol. The molecule has 0 aliphatic carbocycles. The highest BCUT2D eigenvalue weighted by atomic mass is 35.5. The number of carbonyl (C=O) groups is 1. The van der Waals surface area contributed by atoms with Gasteiger partial charge in [0.1, 0.15) is 24.1 Å². The minimum atomic E-state index is -1.23. The van der Waals surface area contributed by atoms with E-state index in [1.54, 1.807) is 13.0 Å². The summed E-state index contributed by atoms with van der Waals surface area (Å²) in [6, 6.07) is 3.78. The van der Waals surface area contributed by atoms with Crippen LogP contribution in [-0.2, 0) is 16.1 Å². The number of alkyl halides is 1. The van der Waals surface area contributed by atoms with Crippen molar-refractivity contribution in [3.63, 3.8) is 0 Å². The normalized spacial score (nSPS) is 25.0. The zero-order valence-corrected chi connectivity index (χ0v) is 12.3. The van der Waals surface area contributed by atoms with Gasteiger partial charge in [-0.1, -0.05) is 23.7 Å². The van der Waals surface area contributed by atoms with E-state index in [1.807, 2.05) is 0 Å². The Hall–Kier alpha value is -1.24. The third-order valence-electron chi connectivity index (χ3n) is 3.34. The number of nitrogens with one attached hydrogen (secondary N) is 2. The van der Waals surface area contributed by atoms with Crippen molar-refractivity contribution in [1.29, 1.82) is 0 Å². The molecule has 3 atom stereocenters. The third-order valence-corrected chi connectivity index (χ3v) is 3.64. The van der Waals surface area contributed by atoms with E-state index in [-0.39, 0.29) is 23.7 Å². The van der Waals surface area contributed by atoms with Crippen LogP contribution < -0.4 is 10.6 Å². The van der Waals surface area contributed by atoms with E-state index in [1.165, 1.54) is 12.1 Å². The second-order valence-corrected chi connectivity index (χ2v) is 5.16. The third kappa shape index (κ3) is 3.70. The zero-order chi connectivity index (χ0) is 15.4. The first-order chi connectivity index (χ1) is 10.0. The Morgan fingerprint density at radius 3 is 3.05 bits per heavy atom. The summed E-state index contributed by atoms with van der Waals surface area (Å²) < 4.78 is 32.6. The SMILES string of the molecule is CCO[C@H]1[C@@H](C(=O)NCc2cccc(Cl)c2F)NC[C@@H]1F. The van der Waals surface area contributed by atoms with E-state index in [0.29, 0.717) is 6.61 Å². The van der Waals surface area contributed by atoms with Gasteiger partial charge in [0.25, 0.3) is 0 Å². The molecule has 1 aromatic rings. The molecular formula is C14H17ClF2N2O2. The minimum Gasteiger partial charge on any atom is -0.373 e. The molecule has 1 aliphatic rings. The van der Waals surface area contributed by atoms with Gasteiger partial charge in [-0.2, -0.15) is 0 Å². The van der Waals surface area contributed by atoms with Gasteiger partial charge in [-0.25, -0.2) is 8.78 Å². The number of halogens is 3. The van der Waals surface area contributed by atoms with Crippen LogP contribution in [0.5, 0.6) is 0 Å². The zero-order valence-electron chi connectivity index (χ0n) is 11.5. The number of amides is 1. The number of rotatable bonds is 5. The lowest BCUT2D eigenvalue weighted by atomic mass is 10.1. The summed E-state index contributed by atoms with van der Waals surface area (Å²) in [4.78, 5) is 12.1. The Labute approximate surface area is 126 Å². The van der Waals surface area contributed by atoms with Gasteiger partial charge in [0.05, 0.1) is 5.02 Å². The summed E-state index contributed by atoms with van der Waals surface area (Å²) in [6.07, 6.45) is -2.05. The second-order valence-electron chi connectivity index (χ2n) is 4.75. The highest BCUT2D eigenvalue weighted by Gasteiger charge is 2.41. The van der Waals surface area contributed by atoms with Crippen LogP contribution in [0.3, 0.4) is 0 Å². The Kier molecular flexibility index (Phi) is 5.50. The standard InChI is InChI=1S/C14H17ClF2N2O2/c1-2-21-13-10(16)7-18-12(13)14(20)19-6-8-4-3-5-9(15)11(8)17/h3-5,10,12-13,18H,2,6-7H2,1H3,(H,19,20)/t10-,12-,13+/m0/s1. The molecule has 2 rings (SSSR count). The van der Waals surface area contributed by atoms with Crippen LogP contribution in [0.4, 0.5) is 8.78 Å². The van der Waals surface area contributed by atoms with Crippen LogP contribution in [0.25, 0.3) is 0 Å². The van der Waals surface area contributed by atoms with E-state index in [2.05, 4.69) is 10.6 Å². The van der Waals surface area contributed by atoms with Crippen molar-refractivity contribution in [3.8, 4) is 0 Å². The van der Waals surface area contributed by atoms with Crippen molar-refractivity contribution in [1.82, 2.24) is 10.6 Å². The first-order valence-corrected chi connectivity index (χ1v) is 7.12. The van der Waals surface area contributed by atoms with Gasteiger partial charge >= 0.3 is 0 Å². The molecule has 0 saturated carbocycles. The Morgan fingerprint density at radius 2 is 2.33 bits per heavy atom. The van der Waals surface area contributed by atoms with Crippen molar-refractivity contribution in [2.45, 2.75) is 31.8 Å². The number of hydrogen-bond acceptors (Lipinski definition) is 3. The van der Waals surface area contributed by atoms with E-state index < -0.39 is 30.0 Å². The summed E-state index contributed by atoms with van der Waals surface area (Å²) in [5.74, 6) is -0.989. The number of ether oxygens (including phenoxy) is 1. The predicted octanol–water partition coefficient (Wildman–Crippen LogP) is 1.81. The Bertz CT molecular complexity index is 516. The molecule has 2 N–H and O–H groups in total. The smallest absolute Gasteiger partial charge is 0.240 e. The Morgan fingerprint density at radius 1 is 1.57 bits per heavy atom. The van der Waals surface area contributed by atoms with Crippen molar-refractivity contribution in [2.75, 3.05) is 13.2 Å². The van der Waals surface area contributed by atoms with Crippen molar-refractivity contribution >= 4 is 17.5 Å². The summed E-state index contributed by atoms with van der Waals surface area (Å²) in [7, 11) is 0. The topological polar surface area (TPSA) is 50.4 Å². The molecule has 1 aromatic carbocycles. The maximum absolute atomic E-state index is 13.7. The molecule has 0 radical (unpaired) electrons. The average molecular weight is 319 g/mol. The lowest BCUT2D eigenvalue weighted by Gasteiger charge is -2.20. The highest BCUT2D eigenvalue weighted by Crippen LogP contribution is 2.19. The van der Waals surface area contributed by atoms with E-state index >= 15 is 0 Å². The molecule has 7 heteroatoms. The fraction of sp³-hybridized carbons (Fsp3) is 0.500. The van der Waals surface area contributed by atoms with Gasteiger partial charge in [-0.05, 0) is 13.0 Å². The summed E-state index contributed by atoms with van der Waals surface area (Å²) in [6.45, 7) is 2.11. The molecule has 1 amide bonds. The molecule has 1 aliphatic heterocycles. The molecule has 1 saturated heterocycles. The molecule has 4 nitrogen and oxygen atoms in total. The molecular weight excluding hydrogens is 302 g/mol. The van der Waals surface area contributed by atoms with E-state index in [0.717, 1.165) is 0 Å². The minimum absolute atomic E-state index is 0.00300. The summed E-state index contributed by atoms with van der Waals surface area (Å²) in [5, 5.41) is 5.34. The molecule has 21 heavy (non-hydrogen) atoms. The molecule has 116 valence electrons. The van der Waals surface area contributed by atoms with E-state index in [4.69, 9.17) is 16.3 Å². The highest BCUT2D eigenvalue weighted by molar-refractivity contribution is 6.30. The van der Waals surface area contributed by atoms with Crippen LogP contribution in [0.1, 0.15) is 12.5 Å². The van der Waals surface area contributed by atoms with Gasteiger partial charge in [0, 0.05) is 25.3 Å². The maximum Gasteiger partial charge on any atom is 0.240 e. The van der Waals surface area contributed by atoms with Crippen LogP contribution in [0.15, 0.2) is 18.2 Å². The summed E-state index contributed by atoms with van der Waals surface area (Å²) in [5.41, 5.74) is 0.276. The van der Waals surface area contributed by atoms with Gasteiger partial charge in [0.2, 0.25) is 5.91 Å². The molecule has 0 unspecified atom stereocenters. The van der Waals surface area contributed by atoms with Gasteiger partial charge in [-0.15, -0.1) is 0 Å². The number of benzene rings is 1. The lowest BCUT2D eigenvalue weighted by Crippen LogP contribution is -2.47. The number of carbonyl (C=O) groups excluding carboxylic acids is 1. The molecule has 0 spiro atoms. The second kappa shape index (κ2) is 7.15. The van der Waals surface area contributed by atoms with Crippen LogP contribution in [0, 0.1) is 5.82 Å². The molecule has 0 aromatic heterocycles. The van der Waals surface area contributed by atoms with Crippen molar-refractivity contribution < 1.29 is 18.3 Å². The van der Waals surface area contributed by atoms with Gasteiger partial charge in [0.15, 0.2) is 0 Å². The molecule has 1 heterocycles. The first-order valence-electron chi connectivity index (χ1n) is 6.74. The van der Waals surface area contributed by atoms with Crippen LogP contribution in [0.2, 0.25) is 5.02 Å². The monoisotopic (exact) mass is 318 g/mol. The fourth-order valence-electron chi connectivity index (χ4n) is 2.29. The first kappa shape index (κ1) is 16.1. The van der Waals surface area contributed by atoms with Crippen molar-refractivity contribution in [3.05, 3.63) is 34.6 Å². The van der Waals surface area contributed by atoms with E-state index in [9.17, 15) is 13.6 Å². The molecule has 0 bridgehead atoms. The fourth-order valence-corrected chi connectivity index (χ4v) is 2.49.